The van der Waals surface area contributed by atoms with Gasteiger partial charge >= 0.3 is 0 Å². The summed E-state index contributed by atoms with van der Waals surface area (Å²) in [5.74, 6) is -0.535. The van der Waals surface area contributed by atoms with Gasteiger partial charge in [-0.05, 0) is 49.4 Å². The molecule has 6 nitrogen and oxygen atoms in total. The first kappa shape index (κ1) is 19.2. The summed E-state index contributed by atoms with van der Waals surface area (Å²) in [6.45, 7) is 4.76. The van der Waals surface area contributed by atoms with Crippen molar-refractivity contribution in [1.82, 2.24) is 10.2 Å². The first-order chi connectivity index (χ1) is 14.0. The van der Waals surface area contributed by atoms with E-state index in [1.165, 1.54) is 4.90 Å². The highest BCUT2D eigenvalue weighted by Crippen LogP contribution is 2.34. The Morgan fingerprint density at radius 1 is 1.07 bits per heavy atom. The van der Waals surface area contributed by atoms with Gasteiger partial charge in [0.05, 0.1) is 11.3 Å². The zero-order valence-electron chi connectivity index (χ0n) is 16.8. The Kier molecular flexibility index (Phi) is 5.09. The highest BCUT2D eigenvalue weighted by molar-refractivity contribution is 6.13. The highest BCUT2D eigenvalue weighted by atomic mass is 16.2. The average molecular weight is 391 g/mol. The lowest BCUT2D eigenvalue weighted by Gasteiger charge is -2.26. The van der Waals surface area contributed by atoms with E-state index in [1.807, 2.05) is 50.2 Å². The maximum absolute atomic E-state index is 13.3. The fourth-order valence-corrected chi connectivity index (χ4v) is 4.26. The molecule has 1 saturated heterocycles. The third kappa shape index (κ3) is 3.50. The molecular formula is C23H25N3O3. The molecule has 0 bridgehead atoms. The number of carbonyl (C=O) groups excluding carboxylic acids is 3. The number of para-hydroxylation sites is 1. The summed E-state index contributed by atoms with van der Waals surface area (Å²) >= 11 is 0. The Bertz CT molecular complexity index is 985. The van der Waals surface area contributed by atoms with Crippen molar-refractivity contribution in [3.05, 3.63) is 64.7 Å². The maximum Gasteiger partial charge on any atom is 0.256 e. The van der Waals surface area contributed by atoms with E-state index in [0.29, 0.717) is 30.8 Å². The number of fused-ring (bicyclic) bond motifs is 2. The van der Waals surface area contributed by atoms with Crippen LogP contribution < -0.4 is 10.2 Å². The van der Waals surface area contributed by atoms with Gasteiger partial charge in [-0.1, -0.05) is 36.4 Å². The second-order valence-electron chi connectivity index (χ2n) is 7.76. The number of carbonyl (C=O) groups is 3. The van der Waals surface area contributed by atoms with Crippen LogP contribution in [-0.2, 0) is 16.1 Å². The molecule has 2 aliphatic rings. The van der Waals surface area contributed by atoms with Crippen LogP contribution in [0.5, 0.6) is 0 Å². The number of aryl methyl sites for hydroxylation is 2. The van der Waals surface area contributed by atoms with Gasteiger partial charge in [0.2, 0.25) is 11.8 Å². The molecule has 1 atom stereocenters. The van der Waals surface area contributed by atoms with Gasteiger partial charge in [-0.3, -0.25) is 14.4 Å². The van der Waals surface area contributed by atoms with Crippen molar-refractivity contribution >= 4 is 23.4 Å². The van der Waals surface area contributed by atoms with Gasteiger partial charge in [0, 0.05) is 13.1 Å². The summed E-state index contributed by atoms with van der Waals surface area (Å²) in [4.78, 5) is 42.3. The molecule has 3 amide bonds. The molecule has 1 unspecified atom stereocenters. The van der Waals surface area contributed by atoms with Crippen LogP contribution in [0.2, 0.25) is 0 Å². The van der Waals surface area contributed by atoms with Gasteiger partial charge in [0.1, 0.15) is 12.6 Å². The van der Waals surface area contributed by atoms with Crippen LogP contribution in [-0.4, -0.2) is 41.8 Å². The van der Waals surface area contributed by atoms with E-state index in [9.17, 15) is 14.4 Å². The largest absolute Gasteiger partial charge is 0.350 e. The van der Waals surface area contributed by atoms with Gasteiger partial charge in [0.15, 0.2) is 0 Å². The quantitative estimate of drug-likeness (QED) is 0.871. The summed E-state index contributed by atoms with van der Waals surface area (Å²) in [5, 5.41) is 2.92. The molecule has 2 aliphatic heterocycles. The molecule has 2 aromatic rings. The number of benzene rings is 2. The number of amides is 3. The second kappa shape index (κ2) is 7.70. The van der Waals surface area contributed by atoms with E-state index >= 15 is 0 Å². The average Bonchev–Trinajstić information content (AvgIpc) is 3.18. The molecule has 1 N–H and O–H groups in total. The standard InChI is InChI=1S/C23H25N3O3/c1-15-7-3-4-9-17(15)13-24-20(27)14-26-21-16(2)8-5-10-18(21)22(28)25-12-6-11-19(25)23(26)29/h3-5,7-10,19H,6,11-14H2,1-2H3,(H,24,27). The van der Waals surface area contributed by atoms with Gasteiger partial charge in [-0.2, -0.15) is 0 Å². The molecule has 1 fully saturated rings. The molecule has 150 valence electrons. The predicted molar refractivity (Wildman–Crippen MR) is 111 cm³/mol. The van der Waals surface area contributed by atoms with Gasteiger partial charge in [-0.25, -0.2) is 0 Å². The van der Waals surface area contributed by atoms with Crippen LogP contribution in [0.25, 0.3) is 0 Å². The van der Waals surface area contributed by atoms with Gasteiger partial charge < -0.3 is 15.1 Å². The number of anilines is 1. The molecule has 2 heterocycles. The highest BCUT2D eigenvalue weighted by Gasteiger charge is 2.42. The lowest BCUT2D eigenvalue weighted by Crippen LogP contribution is -2.48. The molecule has 0 saturated carbocycles. The molecule has 0 aliphatic carbocycles. The molecule has 2 aromatic carbocycles. The molecule has 0 radical (unpaired) electrons. The van der Waals surface area contributed by atoms with E-state index in [0.717, 1.165) is 23.1 Å². The third-order valence-corrected chi connectivity index (χ3v) is 5.84. The van der Waals surface area contributed by atoms with Gasteiger partial charge in [-0.15, -0.1) is 0 Å². The van der Waals surface area contributed by atoms with Crippen LogP contribution in [0.15, 0.2) is 42.5 Å². The van der Waals surface area contributed by atoms with E-state index in [4.69, 9.17) is 0 Å². The van der Waals surface area contributed by atoms with Crippen LogP contribution in [0, 0.1) is 13.8 Å². The molecule has 0 aromatic heterocycles. The molecular weight excluding hydrogens is 366 g/mol. The predicted octanol–water partition coefficient (Wildman–Crippen LogP) is 2.57. The lowest BCUT2D eigenvalue weighted by atomic mass is 10.1. The minimum Gasteiger partial charge on any atom is -0.350 e. The second-order valence-corrected chi connectivity index (χ2v) is 7.76. The van der Waals surface area contributed by atoms with Gasteiger partial charge in [0.25, 0.3) is 5.91 Å². The SMILES string of the molecule is Cc1ccccc1CNC(=O)CN1C(=O)C2CCCN2C(=O)c2cccc(C)c21. The van der Waals surface area contributed by atoms with Crippen molar-refractivity contribution in [2.45, 2.75) is 39.3 Å². The summed E-state index contributed by atoms with van der Waals surface area (Å²) in [5.41, 5.74) is 4.01. The van der Waals surface area contributed by atoms with Crippen LogP contribution in [0.4, 0.5) is 5.69 Å². The van der Waals surface area contributed by atoms with Crippen LogP contribution in [0.3, 0.4) is 0 Å². The minimum atomic E-state index is -0.488. The lowest BCUT2D eigenvalue weighted by molar-refractivity contribution is -0.125. The van der Waals surface area contributed by atoms with Crippen molar-refractivity contribution in [2.75, 3.05) is 18.0 Å². The zero-order chi connectivity index (χ0) is 20.5. The Hall–Kier alpha value is -3.15. The monoisotopic (exact) mass is 391 g/mol. The van der Waals surface area contributed by atoms with E-state index in [2.05, 4.69) is 5.32 Å². The third-order valence-electron chi connectivity index (χ3n) is 5.84. The van der Waals surface area contributed by atoms with E-state index in [1.54, 1.807) is 11.0 Å². The molecule has 6 heteroatoms. The van der Waals surface area contributed by atoms with E-state index < -0.39 is 6.04 Å². The summed E-state index contributed by atoms with van der Waals surface area (Å²) in [6, 6.07) is 12.8. The van der Waals surface area contributed by atoms with Crippen LogP contribution in [0.1, 0.15) is 39.9 Å². The van der Waals surface area contributed by atoms with Crippen molar-refractivity contribution in [3.63, 3.8) is 0 Å². The first-order valence-electron chi connectivity index (χ1n) is 10.0. The number of hydrogen-bond acceptors (Lipinski definition) is 3. The van der Waals surface area contributed by atoms with Crippen molar-refractivity contribution in [1.29, 1.82) is 0 Å². The summed E-state index contributed by atoms with van der Waals surface area (Å²) in [7, 11) is 0. The number of rotatable bonds is 4. The molecule has 0 spiro atoms. The van der Waals surface area contributed by atoms with Crippen molar-refractivity contribution in [3.8, 4) is 0 Å². The minimum absolute atomic E-state index is 0.0970. The summed E-state index contributed by atoms with van der Waals surface area (Å²) in [6.07, 6.45) is 1.44. The summed E-state index contributed by atoms with van der Waals surface area (Å²) < 4.78 is 0. The topological polar surface area (TPSA) is 69.7 Å². The Labute approximate surface area is 170 Å². The Balaban J connectivity index is 1.60. The number of hydrogen-bond donors (Lipinski definition) is 1. The fraction of sp³-hybridized carbons (Fsp3) is 0.348. The van der Waals surface area contributed by atoms with Crippen molar-refractivity contribution in [2.24, 2.45) is 0 Å². The molecule has 29 heavy (non-hydrogen) atoms. The number of nitrogens with zero attached hydrogens (tertiary/aromatic N) is 2. The number of nitrogens with one attached hydrogen (secondary N) is 1. The normalized spacial score (nSPS) is 18.3. The smallest absolute Gasteiger partial charge is 0.256 e. The Morgan fingerprint density at radius 3 is 2.62 bits per heavy atom. The van der Waals surface area contributed by atoms with E-state index in [-0.39, 0.29) is 24.3 Å². The maximum atomic E-state index is 13.3. The van der Waals surface area contributed by atoms with Crippen LogP contribution >= 0.6 is 0 Å². The first-order valence-corrected chi connectivity index (χ1v) is 10.0. The zero-order valence-corrected chi connectivity index (χ0v) is 16.8. The fourth-order valence-electron chi connectivity index (χ4n) is 4.26. The molecule has 4 rings (SSSR count). The Morgan fingerprint density at radius 2 is 1.83 bits per heavy atom. The van der Waals surface area contributed by atoms with Crippen molar-refractivity contribution < 1.29 is 14.4 Å².